The Bertz CT molecular complexity index is 385. The molecule has 106 valence electrons. The Morgan fingerprint density at radius 3 is 2.37 bits per heavy atom. The van der Waals surface area contributed by atoms with Crippen molar-refractivity contribution in [2.45, 2.75) is 51.7 Å². The first kappa shape index (κ1) is 14.5. The number of hydrogen-bond donors (Lipinski definition) is 0. The van der Waals surface area contributed by atoms with Crippen LogP contribution in [0.3, 0.4) is 0 Å². The third kappa shape index (κ3) is 3.54. The maximum absolute atomic E-state index is 12.1. The van der Waals surface area contributed by atoms with Gasteiger partial charge in [-0.2, -0.15) is 0 Å². The fraction of sp³-hybridized carbons (Fsp3) is 0.857. The summed E-state index contributed by atoms with van der Waals surface area (Å²) in [5.41, 5.74) is -0.435. The highest BCUT2D eigenvalue weighted by Gasteiger charge is 2.41. The molecule has 0 spiro atoms. The van der Waals surface area contributed by atoms with Crippen molar-refractivity contribution in [1.29, 1.82) is 0 Å². The van der Waals surface area contributed by atoms with Crippen LogP contribution in [0.4, 0.5) is 4.79 Å². The minimum absolute atomic E-state index is 0.200. The molecule has 4 nitrogen and oxygen atoms in total. The number of aliphatic imine (C=N–C) groups is 1. The molecule has 1 aliphatic heterocycles. The first-order chi connectivity index (χ1) is 8.90. The van der Waals surface area contributed by atoms with Gasteiger partial charge in [0.05, 0.1) is 11.2 Å². The van der Waals surface area contributed by atoms with Gasteiger partial charge in [0.1, 0.15) is 5.60 Å². The molecule has 0 aromatic rings. The molecule has 2 rings (SSSR count). The molecule has 2 bridgehead atoms. The molecular weight excluding hydrogens is 260 g/mol. The van der Waals surface area contributed by atoms with E-state index in [1.165, 1.54) is 6.42 Å². The van der Waals surface area contributed by atoms with Crippen LogP contribution in [-0.4, -0.2) is 40.9 Å². The van der Waals surface area contributed by atoms with E-state index in [1.54, 1.807) is 0 Å². The van der Waals surface area contributed by atoms with Crippen molar-refractivity contribution in [2.24, 2.45) is 16.8 Å². The van der Waals surface area contributed by atoms with Gasteiger partial charge in [0.15, 0.2) is 0 Å². The third-order valence-corrected chi connectivity index (χ3v) is 3.98. The monoisotopic (exact) mass is 282 g/mol. The lowest BCUT2D eigenvalue weighted by atomic mass is 9.74. The van der Waals surface area contributed by atoms with E-state index in [0.717, 1.165) is 25.9 Å². The number of nitrogens with zero attached hydrogens (tertiary/aromatic N) is 2. The van der Waals surface area contributed by atoms with Gasteiger partial charge >= 0.3 is 6.09 Å². The zero-order valence-corrected chi connectivity index (χ0v) is 12.7. The van der Waals surface area contributed by atoms with Gasteiger partial charge in [0.2, 0.25) is 0 Å². The van der Waals surface area contributed by atoms with Crippen LogP contribution in [0.1, 0.15) is 40.0 Å². The van der Waals surface area contributed by atoms with Gasteiger partial charge in [-0.15, -0.1) is 0 Å². The van der Waals surface area contributed by atoms with E-state index in [1.807, 2.05) is 25.7 Å². The van der Waals surface area contributed by atoms with E-state index in [2.05, 4.69) is 10.2 Å². The molecule has 0 radical (unpaired) electrons. The second-order valence-electron chi connectivity index (χ2n) is 6.55. The number of thiocarbonyl (C=S) groups is 1. The predicted octanol–water partition coefficient (Wildman–Crippen LogP) is 3.12. The van der Waals surface area contributed by atoms with E-state index < -0.39 is 5.60 Å². The first-order valence-electron chi connectivity index (χ1n) is 6.95. The smallest absolute Gasteiger partial charge is 0.410 e. The minimum atomic E-state index is -0.435. The van der Waals surface area contributed by atoms with Crippen molar-refractivity contribution in [1.82, 2.24) is 4.90 Å². The summed E-state index contributed by atoms with van der Waals surface area (Å²) in [4.78, 5) is 18.3. The second-order valence-corrected chi connectivity index (χ2v) is 6.73. The van der Waals surface area contributed by atoms with Crippen molar-refractivity contribution < 1.29 is 9.53 Å². The molecule has 2 unspecified atom stereocenters. The van der Waals surface area contributed by atoms with Crippen molar-refractivity contribution in [3.63, 3.8) is 0 Å². The van der Waals surface area contributed by atoms with Gasteiger partial charge < -0.3 is 9.64 Å². The first-order valence-corrected chi connectivity index (χ1v) is 7.36. The van der Waals surface area contributed by atoms with E-state index in [0.29, 0.717) is 11.8 Å². The summed E-state index contributed by atoms with van der Waals surface area (Å²) < 4.78 is 5.46. The van der Waals surface area contributed by atoms with Gasteiger partial charge in [0.25, 0.3) is 0 Å². The van der Waals surface area contributed by atoms with E-state index in [4.69, 9.17) is 17.0 Å². The predicted molar refractivity (Wildman–Crippen MR) is 77.5 cm³/mol. The number of amides is 1. The lowest BCUT2D eigenvalue weighted by Crippen LogP contribution is -2.53. The molecule has 0 N–H and O–H groups in total. The molecule has 0 aromatic heterocycles. The molecule has 1 heterocycles. The quantitative estimate of drug-likeness (QED) is 0.548. The van der Waals surface area contributed by atoms with Crippen LogP contribution in [0.5, 0.6) is 0 Å². The molecule has 0 aromatic carbocycles. The lowest BCUT2D eigenvalue weighted by Gasteiger charge is -2.45. The lowest BCUT2D eigenvalue weighted by molar-refractivity contribution is -0.00123. The maximum Gasteiger partial charge on any atom is 0.410 e. The minimum Gasteiger partial charge on any atom is -0.444 e. The fourth-order valence-corrected chi connectivity index (χ4v) is 3.28. The highest BCUT2D eigenvalue weighted by atomic mass is 32.1. The van der Waals surface area contributed by atoms with Crippen LogP contribution in [0, 0.1) is 11.8 Å². The Hall–Kier alpha value is -0.930. The Labute approximate surface area is 120 Å². The molecule has 19 heavy (non-hydrogen) atoms. The number of rotatable bonds is 1. The van der Waals surface area contributed by atoms with Crippen molar-refractivity contribution in [3.8, 4) is 0 Å². The summed E-state index contributed by atoms with van der Waals surface area (Å²) >= 11 is 4.74. The Kier molecular flexibility index (Phi) is 4.26. The number of carbonyl (C=O) groups excluding carboxylic acids is 1. The topological polar surface area (TPSA) is 41.9 Å². The standard InChI is InChI=1S/C14H22N2O2S/c1-14(2,3)18-13(17)16-7-10-5-4-6-11(8-16)12(10)15-9-19/h10-12H,4-8H2,1-3H3. The zero-order valence-electron chi connectivity index (χ0n) is 11.9. The average molecular weight is 282 g/mol. The highest BCUT2D eigenvalue weighted by Crippen LogP contribution is 2.37. The summed E-state index contributed by atoms with van der Waals surface area (Å²) in [6.07, 6.45) is 3.25. The number of carbonyl (C=O) groups is 1. The SMILES string of the molecule is CC(C)(C)OC(=O)N1CC2CCCC(C1)C2N=C=S. The molecule has 2 fully saturated rings. The molecule has 2 atom stereocenters. The van der Waals surface area contributed by atoms with Gasteiger partial charge in [0, 0.05) is 24.9 Å². The number of hydrogen-bond acceptors (Lipinski definition) is 4. The average Bonchev–Trinajstić information content (AvgIpc) is 2.26. The number of likely N-dealkylation sites (tertiary alicyclic amines) is 1. The second kappa shape index (κ2) is 5.59. The van der Waals surface area contributed by atoms with Crippen LogP contribution in [0.15, 0.2) is 4.99 Å². The molecule has 1 amide bonds. The summed E-state index contributed by atoms with van der Waals surface area (Å²) in [6, 6.07) is 0.255. The van der Waals surface area contributed by atoms with E-state index in [9.17, 15) is 4.79 Å². The Morgan fingerprint density at radius 1 is 1.32 bits per heavy atom. The molecular formula is C14H22N2O2S. The maximum atomic E-state index is 12.1. The van der Waals surface area contributed by atoms with Crippen LogP contribution in [0.2, 0.25) is 0 Å². The van der Waals surface area contributed by atoms with E-state index >= 15 is 0 Å². The van der Waals surface area contributed by atoms with Gasteiger partial charge in [-0.25, -0.2) is 9.79 Å². The number of ether oxygens (including phenoxy) is 1. The van der Waals surface area contributed by atoms with Gasteiger partial charge in [-0.05, 0) is 45.8 Å². The third-order valence-electron chi connectivity index (χ3n) is 3.88. The normalized spacial score (nSPS) is 30.5. The fourth-order valence-electron chi connectivity index (χ4n) is 3.16. The van der Waals surface area contributed by atoms with Crippen LogP contribution in [-0.2, 0) is 4.74 Å². The summed E-state index contributed by atoms with van der Waals surface area (Å²) in [5.74, 6) is 0.825. The zero-order chi connectivity index (χ0) is 14.0. The Balaban J connectivity index is 2.04. The molecule has 1 aliphatic carbocycles. The summed E-state index contributed by atoms with van der Waals surface area (Å²) in [7, 11) is 0. The van der Waals surface area contributed by atoms with Crippen molar-refractivity contribution >= 4 is 23.5 Å². The van der Waals surface area contributed by atoms with Crippen molar-refractivity contribution in [3.05, 3.63) is 0 Å². The largest absolute Gasteiger partial charge is 0.444 e. The molecule has 1 saturated carbocycles. The van der Waals surface area contributed by atoms with Gasteiger partial charge in [-0.3, -0.25) is 0 Å². The number of piperidine rings is 1. The summed E-state index contributed by atoms with van der Waals surface area (Å²) in [5, 5.41) is 2.52. The van der Waals surface area contributed by atoms with Crippen LogP contribution < -0.4 is 0 Å². The molecule has 2 aliphatic rings. The highest BCUT2D eigenvalue weighted by molar-refractivity contribution is 7.78. The van der Waals surface area contributed by atoms with Crippen LogP contribution in [0.25, 0.3) is 0 Å². The number of fused-ring (bicyclic) bond motifs is 2. The molecule has 1 saturated heterocycles. The summed E-state index contributed by atoms with van der Waals surface area (Å²) in [6.45, 7) is 7.16. The van der Waals surface area contributed by atoms with Crippen LogP contribution >= 0.6 is 12.2 Å². The van der Waals surface area contributed by atoms with E-state index in [-0.39, 0.29) is 12.1 Å². The molecule has 5 heteroatoms. The van der Waals surface area contributed by atoms with Gasteiger partial charge in [-0.1, -0.05) is 6.42 Å². The van der Waals surface area contributed by atoms with Crippen molar-refractivity contribution in [2.75, 3.05) is 13.1 Å². The number of isothiocyanates is 1. The Morgan fingerprint density at radius 2 is 1.89 bits per heavy atom.